The number of thioether (sulfide) groups is 2. The molecule has 2 aliphatic heterocycles. The highest BCUT2D eigenvalue weighted by atomic mass is 32.2. The molecule has 150 valence electrons. The minimum atomic E-state index is -1.09. The lowest BCUT2D eigenvalue weighted by Crippen LogP contribution is -2.64. The number of rotatable bonds is 3. The number of ether oxygens (including phenoxy) is 2. The molecule has 4 atom stereocenters. The molecule has 6 heteroatoms. The van der Waals surface area contributed by atoms with E-state index in [0.29, 0.717) is 11.7 Å². The fourth-order valence-corrected chi connectivity index (χ4v) is 10.1. The zero-order chi connectivity index (χ0) is 19.4. The van der Waals surface area contributed by atoms with Crippen LogP contribution < -0.4 is 4.74 Å². The Morgan fingerprint density at radius 2 is 1.89 bits per heavy atom. The molecule has 2 aliphatic carbocycles. The zero-order valence-electron chi connectivity index (χ0n) is 16.1. The van der Waals surface area contributed by atoms with Crippen molar-refractivity contribution in [3.63, 3.8) is 0 Å². The summed E-state index contributed by atoms with van der Waals surface area (Å²) in [7, 11) is 1.54. The van der Waals surface area contributed by atoms with Crippen molar-refractivity contribution in [3.8, 4) is 5.75 Å². The Balaban J connectivity index is 1.72. The molecule has 2 heterocycles. The Bertz CT molecular complexity index is 803. The smallest absolute Gasteiger partial charge is 0.326 e. The van der Waals surface area contributed by atoms with E-state index in [1.54, 1.807) is 0 Å². The van der Waals surface area contributed by atoms with Crippen molar-refractivity contribution < 1.29 is 19.1 Å². The van der Waals surface area contributed by atoms with E-state index in [1.165, 1.54) is 13.5 Å². The van der Waals surface area contributed by atoms with Crippen molar-refractivity contribution in [2.75, 3.05) is 25.2 Å². The molecular weight excluding hydrogens is 392 g/mol. The SMILES string of the molecule is COCC(=O)C12C(=O)Oc3ccccc3C1CC1(SCCS1)C1CCCCC12. The molecule has 1 spiro atoms. The number of carbonyl (C=O) groups is 2. The molecule has 4 unspecified atom stereocenters. The summed E-state index contributed by atoms with van der Waals surface area (Å²) in [5.41, 5.74) is -0.0622. The van der Waals surface area contributed by atoms with E-state index in [1.807, 2.05) is 18.2 Å². The van der Waals surface area contributed by atoms with Gasteiger partial charge >= 0.3 is 5.97 Å². The van der Waals surface area contributed by atoms with Gasteiger partial charge in [0.15, 0.2) is 5.78 Å². The van der Waals surface area contributed by atoms with Crippen LogP contribution in [0.15, 0.2) is 24.3 Å². The van der Waals surface area contributed by atoms with Crippen molar-refractivity contribution in [1.29, 1.82) is 0 Å². The Kier molecular flexibility index (Phi) is 4.80. The van der Waals surface area contributed by atoms with E-state index in [2.05, 4.69) is 29.6 Å². The largest absolute Gasteiger partial charge is 0.425 e. The molecule has 4 nitrogen and oxygen atoms in total. The Hall–Kier alpha value is -0.980. The average molecular weight is 419 g/mol. The van der Waals surface area contributed by atoms with Crippen LogP contribution in [-0.4, -0.2) is 41.1 Å². The van der Waals surface area contributed by atoms with Crippen LogP contribution in [0.5, 0.6) is 5.75 Å². The molecule has 1 aromatic rings. The van der Waals surface area contributed by atoms with Gasteiger partial charge in [-0.2, -0.15) is 0 Å². The Morgan fingerprint density at radius 3 is 2.64 bits per heavy atom. The van der Waals surface area contributed by atoms with Crippen LogP contribution in [0, 0.1) is 17.3 Å². The van der Waals surface area contributed by atoms with Crippen LogP contribution in [0.3, 0.4) is 0 Å². The molecule has 4 aliphatic rings. The van der Waals surface area contributed by atoms with Crippen molar-refractivity contribution in [1.82, 2.24) is 0 Å². The first-order valence-electron chi connectivity index (χ1n) is 10.2. The summed E-state index contributed by atoms with van der Waals surface area (Å²) in [4.78, 5) is 27.2. The lowest BCUT2D eigenvalue weighted by atomic mass is 9.49. The second-order valence-electron chi connectivity index (χ2n) is 8.42. The lowest BCUT2D eigenvalue weighted by Gasteiger charge is -2.59. The fraction of sp³-hybridized carbons (Fsp3) is 0.636. The lowest BCUT2D eigenvalue weighted by molar-refractivity contribution is -0.170. The topological polar surface area (TPSA) is 52.6 Å². The van der Waals surface area contributed by atoms with Gasteiger partial charge in [-0.3, -0.25) is 9.59 Å². The molecule has 0 radical (unpaired) electrons. The van der Waals surface area contributed by atoms with E-state index < -0.39 is 5.41 Å². The maximum atomic E-state index is 13.6. The molecule has 28 heavy (non-hydrogen) atoms. The van der Waals surface area contributed by atoms with Crippen LogP contribution in [0.25, 0.3) is 0 Å². The van der Waals surface area contributed by atoms with Gasteiger partial charge in [0.05, 0.1) is 4.08 Å². The van der Waals surface area contributed by atoms with Crippen LogP contribution >= 0.6 is 23.5 Å². The minimum absolute atomic E-state index is 0.0235. The minimum Gasteiger partial charge on any atom is -0.425 e. The summed E-state index contributed by atoms with van der Waals surface area (Å²) in [6.45, 7) is -0.0235. The number of fused-ring (bicyclic) bond motifs is 6. The van der Waals surface area contributed by atoms with Crippen LogP contribution in [-0.2, 0) is 14.3 Å². The highest BCUT2D eigenvalue weighted by Crippen LogP contribution is 2.70. The number of methoxy groups -OCH3 is 1. The third-order valence-corrected chi connectivity index (χ3v) is 11.0. The van der Waals surface area contributed by atoms with Gasteiger partial charge in [0.1, 0.15) is 17.8 Å². The molecule has 0 N–H and O–H groups in total. The van der Waals surface area contributed by atoms with Gasteiger partial charge in [0.2, 0.25) is 0 Å². The average Bonchev–Trinajstić information content (AvgIpc) is 3.17. The van der Waals surface area contributed by atoms with Gasteiger partial charge in [-0.1, -0.05) is 31.0 Å². The molecule has 0 bridgehead atoms. The molecule has 1 aromatic carbocycles. The monoisotopic (exact) mass is 418 g/mol. The molecule has 0 aromatic heterocycles. The number of esters is 1. The van der Waals surface area contributed by atoms with Gasteiger partial charge in [0.25, 0.3) is 0 Å². The highest BCUT2D eigenvalue weighted by Gasteiger charge is 2.70. The summed E-state index contributed by atoms with van der Waals surface area (Å²) in [5.74, 6) is 2.84. The number of para-hydroxylation sites is 1. The van der Waals surface area contributed by atoms with Crippen LogP contribution in [0.4, 0.5) is 0 Å². The first kappa shape index (κ1) is 19.0. The fourth-order valence-electron chi connectivity index (χ4n) is 6.32. The Morgan fingerprint density at radius 1 is 1.18 bits per heavy atom. The zero-order valence-corrected chi connectivity index (χ0v) is 17.8. The maximum absolute atomic E-state index is 13.6. The first-order valence-corrected chi connectivity index (χ1v) is 12.2. The number of Topliss-reactive ketones (excluding diaryl/α,β-unsaturated/α-hetero) is 1. The number of hydrogen-bond acceptors (Lipinski definition) is 6. The number of ketones is 1. The standard InChI is InChI=1S/C22H26O4S2/c1-25-13-19(23)22-16-8-4-3-7-15(16)21(27-10-11-28-21)12-17(22)14-6-2-5-9-18(14)26-20(22)24/h2,5-6,9,15-17H,3-4,7-8,10-13H2,1H3. The molecule has 5 rings (SSSR count). The van der Waals surface area contributed by atoms with Gasteiger partial charge in [0, 0.05) is 24.5 Å². The summed E-state index contributed by atoms with van der Waals surface area (Å²) in [5, 5.41) is 0. The summed E-state index contributed by atoms with van der Waals surface area (Å²) < 4.78 is 11.2. The quantitative estimate of drug-likeness (QED) is 0.415. The normalized spacial score (nSPS) is 35.6. The van der Waals surface area contributed by atoms with Gasteiger partial charge in [-0.15, -0.1) is 23.5 Å². The molecular formula is C22H26O4S2. The predicted octanol–water partition coefficient (Wildman–Crippen LogP) is 4.28. The van der Waals surface area contributed by atoms with Gasteiger partial charge in [-0.05, 0) is 42.7 Å². The number of benzene rings is 1. The van der Waals surface area contributed by atoms with Crippen molar-refractivity contribution >= 4 is 35.3 Å². The van der Waals surface area contributed by atoms with Crippen LogP contribution in [0.2, 0.25) is 0 Å². The summed E-state index contributed by atoms with van der Waals surface area (Å²) in [6.07, 6.45) is 5.17. The molecule has 0 amide bonds. The van der Waals surface area contributed by atoms with Crippen molar-refractivity contribution in [3.05, 3.63) is 29.8 Å². The maximum Gasteiger partial charge on any atom is 0.326 e. The first-order chi connectivity index (χ1) is 13.6. The third-order valence-electron chi connectivity index (χ3n) is 7.30. The second-order valence-corrected chi connectivity index (χ2v) is 11.5. The summed E-state index contributed by atoms with van der Waals surface area (Å²) >= 11 is 4.15. The Labute approximate surface area is 174 Å². The molecule has 3 fully saturated rings. The number of hydrogen-bond donors (Lipinski definition) is 0. The summed E-state index contributed by atoms with van der Waals surface area (Å²) in [6, 6.07) is 7.82. The van der Waals surface area contributed by atoms with E-state index in [-0.39, 0.29) is 34.3 Å². The van der Waals surface area contributed by atoms with E-state index >= 15 is 0 Å². The van der Waals surface area contributed by atoms with Crippen LogP contribution in [0.1, 0.15) is 43.6 Å². The van der Waals surface area contributed by atoms with E-state index in [0.717, 1.165) is 42.8 Å². The van der Waals surface area contributed by atoms with Crippen molar-refractivity contribution in [2.45, 2.75) is 42.1 Å². The highest BCUT2D eigenvalue weighted by molar-refractivity contribution is 8.21. The van der Waals surface area contributed by atoms with E-state index in [4.69, 9.17) is 9.47 Å². The predicted molar refractivity (Wildman–Crippen MR) is 112 cm³/mol. The molecule has 2 saturated carbocycles. The third kappa shape index (κ3) is 2.50. The second kappa shape index (κ2) is 7.06. The molecule has 1 saturated heterocycles. The van der Waals surface area contributed by atoms with Gasteiger partial charge < -0.3 is 9.47 Å². The van der Waals surface area contributed by atoms with Gasteiger partial charge in [-0.25, -0.2) is 0 Å². The van der Waals surface area contributed by atoms with E-state index in [9.17, 15) is 9.59 Å². The van der Waals surface area contributed by atoms with Crippen molar-refractivity contribution in [2.24, 2.45) is 17.3 Å². The number of carbonyl (C=O) groups excluding carboxylic acids is 2.